The first-order chi connectivity index (χ1) is 8.45. The molecule has 0 N–H and O–H groups in total. The third-order valence-corrected chi connectivity index (χ3v) is 2.54. The van der Waals surface area contributed by atoms with Gasteiger partial charge in [-0.05, 0) is 30.2 Å². The van der Waals surface area contributed by atoms with Crippen molar-refractivity contribution in [1.82, 2.24) is 4.90 Å². The topological polar surface area (TPSA) is 46.6 Å². The van der Waals surface area contributed by atoms with E-state index in [1.54, 1.807) is 36.2 Å². The summed E-state index contributed by atoms with van der Waals surface area (Å²) in [6.45, 7) is 4.83. The summed E-state index contributed by atoms with van der Waals surface area (Å²) in [5, 5.41) is 0. The SMILES string of the molecule is COC(=O)c1ccc(C(=O)N(C)CC(C)C)cc1. The second-order valence-electron chi connectivity index (χ2n) is 4.65. The normalized spacial score (nSPS) is 10.3. The van der Waals surface area contributed by atoms with Gasteiger partial charge >= 0.3 is 5.97 Å². The molecule has 1 aromatic rings. The summed E-state index contributed by atoms with van der Waals surface area (Å²) in [7, 11) is 3.11. The Hall–Kier alpha value is -1.84. The number of esters is 1. The van der Waals surface area contributed by atoms with Crippen molar-refractivity contribution in [3.05, 3.63) is 35.4 Å². The minimum Gasteiger partial charge on any atom is -0.465 e. The second kappa shape index (κ2) is 6.19. The highest BCUT2D eigenvalue weighted by atomic mass is 16.5. The summed E-state index contributed by atoms with van der Waals surface area (Å²) in [5.74, 6) is -0.0158. The minimum atomic E-state index is -0.399. The van der Waals surface area contributed by atoms with Gasteiger partial charge in [-0.2, -0.15) is 0 Å². The molecule has 0 fully saturated rings. The maximum absolute atomic E-state index is 12.0. The molecule has 0 heterocycles. The van der Waals surface area contributed by atoms with E-state index >= 15 is 0 Å². The van der Waals surface area contributed by atoms with Crippen LogP contribution in [0, 0.1) is 5.92 Å². The number of nitrogens with zero attached hydrogens (tertiary/aromatic N) is 1. The summed E-state index contributed by atoms with van der Waals surface area (Å²) in [5.41, 5.74) is 1.02. The Morgan fingerprint density at radius 2 is 1.67 bits per heavy atom. The van der Waals surface area contributed by atoms with Gasteiger partial charge in [0.1, 0.15) is 0 Å². The van der Waals surface area contributed by atoms with Gasteiger partial charge in [0.25, 0.3) is 5.91 Å². The molecule has 98 valence electrons. The molecule has 0 aliphatic rings. The van der Waals surface area contributed by atoms with Crippen LogP contribution in [0.15, 0.2) is 24.3 Å². The van der Waals surface area contributed by atoms with Crippen molar-refractivity contribution < 1.29 is 14.3 Å². The molecule has 0 atom stereocenters. The highest BCUT2D eigenvalue weighted by Gasteiger charge is 2.13. The first-order valence-electron chi connectivity index (χ1n) is 5.89. The molecule has 0 radical (unpaired) electrons. The van der Waals surface area contributed by atoms with Crippen LogP contribution in [-0.4, -0.2) is 37.5 Å². The van der Waals surface area contributed by atoms with Gasteiger partial charge in [-0.3, -0.25) is 4.79 Å². The molecule has 0 saturated carbocycles. The number of hydrogen-bond donors (Lipinski definition) is 0. The number of amides is 1. The minimum absolute atomic E-state index is 0.0416. The number of carbonyl (C=O) groups excluding carboxylic acids is 2. The van der Waals surface area contributed by atoms with E-state index in [0.29, 0.717) is 23.6 Å². The van der Waals surface area contributed by atoms with Crippen LogP contribution < -0.4 is 0 Å². The van der Waals surface area contributed by atoms with Gasteiger partial charge in [-0.1, -0.05) is 13.8 Å². The number of benzene rings is 1. The van der Waals surface area contributed by atoms with Crippen LogP contribution in [0.5, 0.6) is 0 Å². The van der Waals surface area contributed by atoms with Gasteiger partial charge in [0.15, 0.2) is 0 Å². The summed E-state index contributed by atoms with van der Waals surface area (Å²) >= 11 is 0. The van der Waals surface area contributed by atoms with Crippen LogP contribution in [0.4, 0.5) is 0 Å². The van der Waals surface area contributed by atoms with Gasteiger partial charge in [0.05, 0.1) is 12.7 Å². The second-order valence-corrected chi connectivity index (χ2v) is 4.65. The molecule has 4 nitrogen and oxygen atoms in total. The van der Waals surface area contributed by atoms with Gasteiger partial charge in [0.2, 0.25) is 0 Å². The first kappa shape index (κ1) is 14.2. The zero-order valence-electron chi connectivity index (χ0n) is 11.3. The Balaban J connectivity index is 2.79. The van der Waals surface area contributed by atoms with E-state index in [0.717, 1.165) is 0 Å². The van der Waals surface area contributed by atoms with E-state index in [4.69, 9.17) is 0 Å². The van der Waals surface area contributed by atoms with Crippen molar-refractivity contribution in [1.29, 1.82) is 0 Å². The maximum Gasteiger partial charge on any atom is 0.337 e. The standard InChI is InChI=1S/C14H19NO3/c1-10(2)9-15(3)13(16)11-5-7-12(8-6-11)14(17)18-4/h5-8,10H,9H2,1-4H3. The van der Waals surface area contributed by atoms with Crippen molar-refractivity contribution in [3.63, 3.8) is 0 Å². The maximum atomic E-state index is 12.0. The van der Waals surface area contributed by atoms with E-state index < -0.39 is 5.97 Å². The third-order valence-electron chi connectivity index (χ3n) is 2.54. The molecule has 1 aromatic carbocycles. The van der Waals surface area contributed by atoms with E-state index in [2.05, 4.69) is 18.6 Å². The number of hydrogen-bond acceptors (Lipinski definition) is 3. The van der Waals surface area contributed by atoms with Crippen LogP contribution >= 0.6 is 0 Å². The Morgan fingerprint density at radius 1 is 1.17 bits per heavy atom. The predicted octanol–water partition coefficient (Wildman–Crippen LogP) is 2.20. The van der Waals surface area contributed by atoms with Crippen LogP contribution in [0.1, 0.15) is 34.6 Å². The smallest absolute Gasteiger partial charge is 0.337 e. The average Bonchev–Trinajstić information content (AvgIpc) is 2.36. The molecular weight excluding hydrogens is 230 g/mol. The lowest BCUT2D eigenvalue weighted by molar-refractivity contribution is 0.0600. The molecule has 0 spiro atoms. The fraction of sp³-hybridized carbons (Fsp3) is 0.429. The zero-order chi connectivity index (χ0) is 13.7. The summed E-state index contributed by atoms with van der Waals surface area (Å²) < 4.78 is 4.60. The van der Waals surface area contributed by atoms with Crippen molar-refractivity contribution in [2.24, 2.45) is 5.92 Å². The highest BCUT2D eigenvalue weighted by Crippen LogP contribution is 2.09. The predicted molar refractivity (Wildman–Crippen MR) is 69.6 cm³/mol. The lowest BCUT2D eigenvalue weighted by Crippen LogP contribution is -2.30. The largest absolute Gasteiger partial charge is 0.465 e. The summed E-state index contributed by atoms with van der Waals surface area (Å²) in [6.07, 6.45) is 0. The van der Waals surface area contributed by atoms with Crippen LogP contribution in [0.25, 0.3) is 0 Å². The fourth-order valence-electron chi connectivity index (χ4n) is 1.72. The van der Waals surface area contributed by atoms with Crippen molar-refractivity contribution in [2.75, 3.05) is 20.7 Å². The number of ether oxygens (including phenoxy) is 1. The monoisotopic (exact) mass is 249 g/mol. The molecule has 0 bridgehead atoms. The van der Waals surface area contributed by atoms with Crippen molar-refractivity contribution in [3.8, 4) is 0 Å². The molecule has 18 heavy (non-hydrogen) atoms. The Morgan fingerprint density at radius 3 is 2.11 bits per heavy atom. The van der Waals surface area contributed by atoms with E-state index in [1.165, 1.54) is 7.11 Å². The van der Waals surface area contributed by atoms with Crippen molar-refractivity contribution >= 4 is 11.9 Å². The number of methoxy groups -OCH3 is 1. The average molecular weight is 249 g/mol. The van der Waals surface area contributed by atoms with Gasteiger partial charge < -0.3 is 9.64 Å². The fourth-order valence-corrected chi connectivity index (χ4v) is 1.72. The van der Waals surface area contributed by atoms with Crippen LogP contribution in [0.2, 0.25) is 0 Å². The van der Waals surface area contributed by atoms with Gasteiger partial charge in [0, 0.05) is 19.2 Å². The molecule has 1 amide bonds. The molecule has 4 heteroatoms. The summed E-state index contributed by atoms with van der Waals surface area (Å²) in [6, 6.07) is 6.49. The number of carbonyl (C=O) groups is 2. The van der Waals surface area contributed by atoms with Crippen LogP contribution in [-0.2, 0) is 4.74 Å². The Kier molecular flexibility index (Phi) is 4.89. The quantitative estimate of drug-likeness (QED) is 0.768. The van der Waals surface area contributed by atoms with E-state index in [9.17, 15) is 9.59 Å². The summed E-state index contributed by atoms with van der Waals surface area (Å²) in [4.78, 5) is 25.0. The highest BCUT2D eigenvalue weighted by molar-refractivity contribution is 5.96. The van der Waals surface area contributed by atoms with Crippen molar-refractivity contribution in [2.45, 2.75) is 13.8 Å². The Labute approximate surface area is 108 Å². The zero-order valence-corrected chi connectivity index (χ0v) is 11.3. The first-order valence-corrected chi connectivity index (χ1v) is 5.89. The van der Waals surface area contributed by atoms with Gasteiger partial charge in [-0.15, -0.1) is 0 Å². The molecule has 0 aliphatic heterocycles. The van der Waals surface area contributed by atoms with Crippen LogP contribution in [0.3, 0.4) is 0 Å². The molecule has 0 aromatic heterocycles. The lowest BCUT2D eigenvalue weighted by atomic mass is 10.1. The molecule has 0 saturated heterocycles. The number of rotatable bonds is 4. The van der Waals surface area contributed by atoms with Gasteiger partial charge in [-0.25, -0.2) is 4.79 Å². The molecule has 0 aliphatic carbocycles. The molecular formula is C14H19NO3. The molecule has 1 rings (SSSR count). The van der Waals surface area contributed by atoms with E-state index in [-0.39, 0.29) is 5.91 Å². The third kappa shape index (κ3) is 3.58. The van der Waals surface area contributed by atoms with E-state index in [1.807, 2.05) is 0 Å². The lowest BCUT2D eigenvalue weighted by Gasteiger charge is -2.19. The Bertz CT molecular complexity index is 423. The molecule has 0 unspecified atom stereocenters.